The first kappa shape index (κ1) is 10.6. The van der Waals surface area contributed by atoms with Crippen molar-refractivity contribution in [1.82, 2.24) is 0 Å². The molecule has 0 aromatic carbocycles. The van der Waals surface area contributed by atoms with Gasteiger partial charge >= 0.3 is 5.63 Å². The van der Waals surface area contributed by atoms with E-state index < -0.39 is 0 Å². The van der Waals surface area contributed by atoms with Crippen LogP contribution in [0.1, 0.15) is 36.5 Å². The maximum atomic E-state index is 11.8. The van der Waals surface area contributed by atoms with Crippen LogP contribution in [0.5, 0.6) is 5.75 Å². The number of fused-ring (bicyclic) bond motifs is 3. The van der Waals surface area contributed by atoms with E-state index in [0.717, 1.165) is 17.7 Å². The zero-order valence-electron chi connectivity index (χ0n) is 9.03. The molecule has 0 amide bonds. The van der Waals surface area contributed by atoms with E-state index >= 15 is 0 Å². The minimum absolute atomic E-state index is 0.175. The molecule has 3 atom stereocenters. The topological polar surface area (TPSA) is 39.4 Å². The van der Waals surface area contributed by atoms with Gasteiger partial charge in [-0.1, -0.05) is 29.0 Å². The van der Waals surface area contributed by atoms with Gasteiger partial charge in [0.15, 0.2) is 0 Å². The number of rotatable bonds is 0. The lowest BCUT2D eigenvalue weighted by atomic mass is 9.84. The fourth-order valence-corrected chi connectivity index (χ4v) is 3.84. The van der Waals surface area contributed by atoms with Crippen molar-refractivity contribution >= 4 is 22.6 Å². The molecule has 1 aliphatic carbocycles. The maximum absolute atomic E-state index is 11.8. The Kier molecular flexibility index (Phi) is 2.49. The molecule has 1 aliphatic heterocycles. The van der Waals surface area contributed by atoms with Crippen LogP contribution in [0.15, 0.2) is 15.3 Å². The first-order valence-electron chi connectivity index (χ1n) is 5.62. The van der Waals surface area contributed by atoms with Crippen LogP contribution in [0.25, 0.3) is 0 Å². The molecule has 3 unspecified atom stereocenters. The lowest BCUT2D eigenvalue weighted by molar-refractivity contribution is 0.176. The van der Waals surface area contributed by atoms with Crippen LogP contribution in [-0.2, 0) is 0 Å². The van der Waals surface area contributed by atoms with Gasteiger partial charge in [-0.2, -0.15) is 0 Å². The van der Waals surface area contributed by atoms with E-state index in [2.05, 4.69) is 22.6 Å². The Bertz CT molecular complexity index is 480. The highest BCUT2D eigenvalue weighted by molar-refractivity contribution is 14.1. The van der Waals surface area contributed by atoms with E-state index in [1.165, 1.54) is 12.8 Å². The molecule has 0 spiro atoms. The van der Waals surface area contributed by atoms with E-state index in [0.29, 0.717) is 9.68 Å². The molecule has 3 nitrogen and oxygen atoms in total. The lowest BCUT2D eigenvalue weighted by Gasteiger charge is -2.28. The zero-order valence-corrected chi connectivity index (χ0v) is 11.2. The molecule has 1 fully saturated rings. The minimum atomic E-state index is -0.201. The fourth-order valence-electron chi connectivity index (χ4n) is 2.75. The van der Waals surface area contributed by atoms with Crippen LogP contribution in [0.4, 0.5) is 0 Å². The quantitative estimate of drug-likeness (QED) is 0.542. The van der Waals surface area contributed by atoms with Gasteiger partial charge in [-0.3, -0.25) is 0 Å². The largest absolute Gasteiger partial charge is 0.488 e. The normalized spacial score (nSPS) is 31.8. The Morgan fingerprint density at radius 3 is 3.06 bits per heavy atom. The molecule has 0 N–H and O–H groups in total. The van der Waals surface area contributed by atoms with Crippen molar-refractivity contribution in [3.05, 3.63) is 27.8 Å². The van der Waals surface area contributed by atoms with Crippen molar-refractivity contribution in [3.8, 4) is 5.75 Å². The lowest BCUT2D eigenvalue weighted by Crippen LogP contribution is -2.33. The smallest absolute Gasteiger partial charge is 0.343 e. The fraction of sp³-hybridized carbons (Fsp3) is 0.583. The van der Waals surface area contributed by atoms with Gasteiger partial charge in [-0.15, -0.1) is 0 Å². The molecule has 4 heteroatoms. The first-order valence-corrected chi connectivity index (χ1v) is 6.87. The summed E-state index contributed by atoms with van der Waals surface area (Å²) in [4.78, 5) is 11.8. The predicted molar refractivity (Wildman–Crippen MR) is 68.5 cm³/mol. The Morgan fingerprint density at radius 2 is 2.25 bits per heavy atom. The van der Waals surface area contributed by atoms with Gasteiger partial charge in [0.05, 0.1) is 5.56 Å². The van der Waals surface area contributed by atoms with Gasteiger partial charge in [0.2, 0.25) is 0 Å². The third kappa shape index (κ3) is 1.49. The number of ether oxygens (including phenoxy) is 1. The minimum Gasteiger partial charge on any atom is -0.488 e. The average molecular weight is 332 g/mol. The number of hydrogen-bond donors (Lipinski definition) is 0. The van der Waals surface area contributed by atoms with E-state index in [-0.39, 0.29) is 17.6 Å². The second kappa shape index (κ2) is 3.75. The summed E-state index contributed by atoms with van der Waals surface area (Å²) in [6.07, 6.45) is 3.57. The molecule has 0 bridgehead atoms. The molecule has 1 aromatic heterocycles. The van der Waals surface area contributed by atoms with Crippen molar-refractivity contribution in [3.63, 3.8) is 0 Å². The molecule has 86 valence electrons. The Balaban J connectivity index is 2.10. The number of halogens is 1. The van der Waals surface area contributed by atoms with E-state index in [1.807, 2.05) is 6.07 Å². The molecule has 2 heterocycles. The number of hydrogen-bond acceptors (Lipinski definition) is 3. The molecular weight excluding hydrogens is 319 g/mol. The summed E-state index contributed by atoms with van der Waals surface area (Å²) >= 11 is 2.43. The third-order valence-electron chi connectivity index (χ3n) is 3.46. The molecule has 1 saturated carbocycles. The Hall–Kier alpha value is -0.520. The zero-order chi connectivity index (χ0) is 11.3. The molecular formula is C12H13IO3. The summed E-state index contributed by atoms with van der Waals surface area (Å²) in [6, 6.07) is 1.85. The highest BCUT2D eigenvalue weighted by Crippen LogP contribution is 2.46. The predicted octanol–water partition coefficient (Wildman–Crippen LogP) is 2.78. The van der Waals surface area contributed by atoms with Gasteiger partial charge in [-0.25, -0.2) is 4.79 Å². The van der Waals surface area contributed by atoms with Crippen LogP contribution >= 0.6 is 22.6 Å². The SMILES string of the molecule is Cc1cc2c(c(=O)o1)C1CCCC(I)C1O2. The van der Waals surface area contributed by atoms with Crippen molar-refractivity contribution in [2.75, 3.05) is 0 Å². The molecule has 3 rings (SSSR count). The van der Waals surface area contributed by atoms with Crippen molar-refractivity contribution in [1.29, 1.82) is 0 Å². The Morgan fingerprint density at radius 1 is 1.44 bits per heavy atom. The van der Waals surface area contributed by atoms with E-state index in [4.69, 9.17) is 9.15 Å². The summed E-state index contributed by atoms with van der Waals surface area (Å²) in [6.45, 7) is 1.79. The van der Waals surface area contributed by atoms with Gasteiger partial charge < -0.3 is 9.15 Å². The highest BCUT2D eigenvalue weighted by Gasteiger charge is 2.43. The van der Waals surface area contributed by atoms with Crippen LogP contribution in [-0.4, -0.2) is 10.0 Å². The Labute approximate surface area is 107 Å². The maximum Gasteiger partial charge on any atom is 0.343 e. The van der Waals surface area contributed by atoms with Gasteiger partial charge in [0, 0.05) is 15.9 Å². The average Bonchev–Trinajstić information content (AvgIpc) is 2.57. The van der Waals surface area contributed by atoms with Gasteiger partial charge in [0.25, 0.3) is 0 Å². The number of aryl methyl sites for hydroxylation is 1. The van der Waals surface area contributed by atoms with E-state index in [9.17, 15) is 4.79 Å². The molecule has 0 radical (unpaired) electrons. The summed E-state index contributed by atoms with van der Waals surface area (Å²) in [5.74, 6) is 1.64. The standard InChI is InChI=1S/C12H13IO3/c1-6-5-9-10(12(14)15-6)7-3-2-4-8(13)11(7)16-9/h5,7-8,11H,2-4H2,1H3. The van der Waals surface area contributed by atoms with Gasteiger partial charge in [0.1, 0.15) is 17.6 Å². The first-order chi connectivity index (χ1) is 7.66. The summed E-state index contributed by atoms with van der Waals surface area (Å²) in [7, 11) is 0. The highest BCUT2D eigenvalue weighted by atomic mass is 127. The van der Waals surface area contributed by atoms with Gasteiger partial charge in [-0.05, 0) is 19.8 Å². The molecule has 16 heavy (non-hydrogen) atoms. The van der Waals surface area contributed by atoms with Crippen molar-refractivity contribution in [2.45, 2.75) is 42.1 Å². The third-order valence-corrected chi connectivity index (χ3v) is 4.79. The molecule has 1 aromatic rings. The molecule has 2 aliphatic rings. The second-order valence-corrected chi connectivity index (χ2v) is 6.16. The monoisotopic (exact) mass is 332 g/mol. The second-order valence-electron chi connectivity index (χ2n) is 4.56. The summed E-state index contributed by atoms with van der Waals surface area (Å²) < 4.78 is 11.6. The van der Waals surface area contributed by atoms with Crippen LogP contribution in [0, 0.1) is 6.92 Å². The van der Waals surface area contributed by atoms with Crippen molar-refractivity contribution in [2.24, 2.45) is 0 Å². The van der Waals surface area contributed by atoms with Crippen LogP contribution in [0.2, 0.25) is 0 Å². The summed E-state index contributed by atoms with van der Waals surface area (Å²) in [5.41, 5.74) is 0.574. The number of alkyl halides is 1. The van der Waals surface area contributed by atoms with E-state index in [1.54, 1.807) is 6.92 Å². The van der Waals surface area contributed by atoms with Crippen molar-refractivity contribution < 1.29 is 9.15 Å². The van der Waals surface area contributed by atoms with Crippen LogP contribution < -0.4 is 10.4 Å². The summed E-state index contributed by atoms with van der Waals surface area (Å²) in [5, 5.41) is 0. The van der Waals surface area contributed by atoms with Crippen LogP contribution in [0.3, 0.4) is 0 Å². The molecule has 0 saturated heterocycles.